The van der Waals surface area contributed by atoms with Crippen LogP contribution < -0.4 is 10.1 Å². The third-order valence-electron chi connectivity index (χ3n) is 3.76. The van der Waals surface area contributed by atoms with Crippen LogP contribution in [0.15, 0.2) is 24.3 Å². The van der Waals surface area contributed by atoms with Crippen molar-refractivity contribution in [3.63, 3.8) is 0 Å². The van der Waals surface area contributed by atoms with Crippen molar-refractivity contribution >= 4 is 0 Å². The molecule has 1 saturated heterocycles. The third kappa shape index (κ3) is 4.22. The van der Waals surface area contributed by atoms with E-state index in [-0.39, 0.29) is 0 Å². The molecule has 1 fully saturated rings. The topological polar surface area (TPSA) is 30.5 Å². The van der Waals surface area contributed by atoms with Gasteiger partial charge in [0.15, 0.2) is 0 Å². The fourth-order valence-electron chi connectivity index (χ4n) is 2.70. The molecule has 1 N–H and O–H groups in total. The van der Waals surface area contributed by atoms with Crippen molar-refractivity contribution in [2.24, 2.45) is 5.92 Å². The summed E-state index contributed by atoms with van der Waals surface area (Å²) in [4.78, 5) is 0. The molecule has 106 valence electrons. The lowest BCUT2D eigenvalue weighted by Crippen LogP contribution is -2.43. The average molecular weight is 263 g/mol. The summed E-state index contributed by atoms with van der Waals surface area (Å²) in [6.45, 7) is 5.05. The first kappa shape index (κ1) is 14.4. The minimum absolute atomic E-state index is 0.562. The van der Waals surface area contributed by atoms with Crippen LogP contribution in [0, 0.1) is 5.92 Å². The van der Waals surface area contributed by atoms with Crippen molar-refractivity contribution in [3.8, 4) is 5.75 Å². The van der Waals surface area contributed by atoms with E-state index < -0.39 is 0 Å². The van der Waals surface area contributed by atoms with Crippen LogP contribution in [-0.4, -0.2) is 32.9 Å². The molecule has 3 nitrogen and oxygen atoms in total. The smallest absolute Gasteiger partial charge is 0.119 e. The quantitative estimate of drug-likeness (QED) is 0.856. The molecule has 0 spiro atoms. The van der Waals surface area contributed by atoms with E-state index in [9.17, 15) is 0 Å². The van der Waals surface area contributed by atoms with Crippen LogP contribution in [0.2, 0.25) is 0 Å². The molecule has 1 aliphatic rings. The Morgan fingerprint density at radius 3 is 3.11 bits per heavy atom. The highest BCUT2D eigenvalue weighted by atomic mass is 16.5. The number of hydrogen-bond donors (Lipinski definition) is 1. The molecule has 0 amide bonds. The number of ether oxygens (including phenoxy) is 2. The molecule has 3 heteroatoms. The molecule has 2 rings (SSSR count). The second-order valence-corrected chi connectivity index (χ2v) is 5.24. The summed E-state index contributed by atoms with van der Waals surface area (Å²) in [5.41, 5.74) is 1.33. The maximum Gasteiger partial charge on any atom is 0.119 e. The van der Waals surface area contributed by atoms with Crippen molar-refractivity contribution < 1.29 is 9.47 Å². The molecule has 19 heavy (non-hydrogen) atoms. The molecule has 2 atom stereocenters. The molecule has 1 aliphatic heterocycles. The number of benzene rings is 1. The van der Waals surface area contributed by atoms with Gasteiger partial charge in [-0.25, -0.2) is 0 Å². The summed E-state index contributed by atoms with van der Waals surface area (Å²) >= 11 is 0. The van der Waals surface area contributed by atoms with Crippen molar-refractivity contribution in [1.29, 1.82) is 0 Å². The fourth-order valence-corrected chi connectivity index (χ4v) is 2.70. The predicted molar refractivity (Wildman–Crippen MR) is 77.7 cm³/mol. The van der Waals surface area contributed by atoms with Gasteiger partial charge >= 0.3 is 0 Å². The molecule has 1 heterocycles. The number of methoxy groups -OCH3 is 1. The first-order valence-corrected chi connectivity index (χ1v) is 7.27. The van der Waals surface area contributed by atoms with Gasteiger partial charge in [0.05, 0.1) is 13.7 Å². The van der Waals surface area contributed by atoms with Gasteiger partial charge in [-0.2, -0.15) is 0 Å². The summed E-state index contributed by atoms with van der Waals surface area (Å²) in [6.07, 6.45) is 3.36. The van der Waals surface area contributed by atoms with E-state index in [0.717, 1.165) is 38.3 Å². The second-order valence-electron chi connectivity index (χ2n) is 5.24. The zero-order valence-electron chi connectivity index (χ0n) is 12.0. The minimum Gasteiger partial charge on any atom is -0.497 e. The molecule has 0 bridgehead atoms. The molecular formula is C16H25NO2. The van der Waals surface area contributed by atoms with Crippen LogP contribution in [-0.2, 0) is 11.2 Å². The van der Waals surface area contributed by atoms with Crippen LogP contribution in [0.3, 0.4) is 0 Å². The molecule has 0 aromatic heterocycles. The largest absolute Gasteiger partial charge is 0.497 e. The maximum atomic E-state index is 5.65. The van der Waals surface area contributed by atoms with Crippen molar-refractivity contribution in [2.75, 3.05) is 26.9 Å². The Bertz CT molecular complexity index is 381. The number of hydrogen-bond acceptors (Lipinski definition) is 3. The highest BCUT2D eigenvalue weighted by Gasteiger charge is 2.25. The Morgan fingerprint density at radius 1 is 1.42 bits per heavy atom. The number of rotatable bonds is 6. The minimum atomic E-state index is 0.562. The van der Waals surface area contributed by atoms with E-state index in [1.165, 1.54) is 12.0 Å². The Labute approximate surface area is 116 Å². The predicted octanol–water partition coefficient (Wildman–Crippen LogP) is 2.64. The summed E-state index contributed by atoms with van der Waals surface area (Å²) in [5, 5.41) is 3.66. The van der Waals surface area contributed by atoms with E-state index in [1.54, 1.807) is 7.11 Å². The standard InChI is InChI=1S/C16H25NO2/c1-3-8-17-16-7-9-19-12-14(16)10-13-5-4-6-15(11-13)18-2/h4-6,11,14,16-17H,3,7-10,12H2,1-2H3. The van der Waals surface area contributed by atoms with Gasteiger partial charge in [0.2, 0.25) is 0 Å². The Kier molecular flexibility index (Phi) is 5.67. The van der Waals surface area contributed by atoms with Gasteiger partial charge in [0, 0.05) is 18.6 Å². The Balaban J connectivity index is 1.97. The van der Waals surface area contributed by atoms with Gasteiger partial charge in [-0.05, 0) is 43.5 Å². The number of nitrogens with one attached hydrogen (secondary N) is 1. The molecule has 1 aromatic carbocycles. The van der Waals surface area contributed by atoms with Crippen LogP contribution in [0.4, 0.5) is 0 Å². The molecule has 0 aliphatic carbocycles. The van der Waals surface area contributed by atoms with E-state index in [0.29, 0.717) is 12.0 Å². The van der Waals surface area contributed by atoms with Crippen LogP contribution in [0.1, 0.15) is 25.3 Å². The Hall–Kier alpha value is -1.06. The molecule has 0 saturated carbocycles. The first-order valence-electron chi connectivity index (χ1n) is 7.27. The lowest BCUT2D eigenvalue weighted by molar-refractivity contribution is 0.0322. The summed E-state index contributed by atoms with van der Waals surface area (Å²) < 4.78 is 10.9. The van der Waals surface area contributed by atoms with E-state index in [4.69, 9.17) is 9.47 Å². The van der Waals surface area contributed by atoms with E-state index in [1.807, 2.05) is 6.07 Å². The highest BCUT2D eigenvalue weighted by Crippen LogP contribution is 2.22. The molecule has 1 aromatic rings. The first-order chi connectivity index (χ1) is 9.33. The van der Waals surface area contributed by atoms with Gasteiger partial charge < -0.3 is 14.8 Å². The van der Waals surface area contributed by atoms with Gasteiger partial charge in [0.1, 0.15) is 5.75 Å². The summed E-state index contributed by atoms with van der Waals surface area (Å²) in [5.74, 6) is 1.50. The van der Waals surface area contributed by atoms with Crippen molar-refractivity contribution in [3.05, 3.63) is 29.8 Å². The lowest BCUT2D eigenvalue weighted by Gasteiger charge is -2.32. The SMILES string of the molecule is CCCNC1CCOCC1Cc1cccc(OC)c1. The average Bonchev–Trinajstić information content (AvgIpc) is 2.46. The van der Waals surface area contributed by atoms with Gasteiger partial charge in [0.25, 0.3) is 0 Å². The van der Waals surface area contributed by atoms with Gasteiger partial charge in [-0.1, -0.05) is 19.1 Å². The molecular weight excluding hydrogens is 238 g/mol. The second kappa shape index (κ2) is 7.51. The molecule has 2 unspecified atom stereocenters. The van der Waals surface area contributed by atoms with Gasteiger partial charge in [-0.3, -0.25) is 0 Å². The van der Waals surface area contributed by atoms with Crippen LogP contribution >= 0.6 is 0 Å². The summed E-state index contributed by atoms with van der Waals surface area (Å²) in [7, 11) is 1.72. The summed E-state index contributed by atoms with van der Waals surface area (Å²) in [6, 6.07) is 8.94. The lowest BCUT2D eigenvalue weighted by atomic mass is 9.89. The van der Waals surface area contributed by atoms with E-state index >= 15 is 0 Å². The zero-order chi connectivity index (χ0) is 13.5. The van der Waals surface area contributed by atoms with Crippen LogP contribution in [0.5, 0.6) is 5.75 Å². The van der Waals surface area contributed by atoms with Crippen molar-refractivity contribution in [2.45, 2.75) is 32.2 Å². The molecule has 0 radical (unpaired) electrons. The fraction of sp³-hybridized carbons (Fsp3) is 0.625. The maximum absolute atomic E-state index is 5.65. The van der Waals surface area contributed by atoms with Crippen LogP contribution in [0.25, 0.3) is 0 Å². The normalized spacial score (nSPS) is 23.3. The van der Waals surface area contributed by atoms with Crippen molar-refractivity contribution in [1.82, 2.24) is 5.32 Å². The zero-order valence-corrected chi connectivity index (χ0v) is 12.0. The van der Waals surface area contributed by atoms with Gasteiger partial charge in [-0.15, -0.1) is 0 Å². The Morgan fingerprint density at radius 2 is 2.32 bits per heavy atom. The van der Waals surface area contributed by atoms with E-state index in [2.05, 4.69) is 30.4 Å². The monoisotopic (exact) mass is 263 g/mol. The highest BCUT2D eigenvalue weighted by molar-refractivity contribution is 5.28. The third-order valence-corrected chi connectivity index (χ3v) is 3.76.